The van der Waals surface area contributed by atoms with Crippen molar-refractivity contribution >= 4 is 17.4 Å². The standard InChI is InChI=1S/C14H16ClN3O/c1-9-12(15)16-13(10-5-6-10)17-14(9)18(2)8-11-4-3-7-19-11/h3-4,7,10H,5-6,8H2,1-2H3. The van der Waals surface area contributed by atoms with Gasteiger partial charge in [0.15, 0.2) is 0 Å². The van der Waals surface area contributed by atoms with E-state index in [2.05, 4.69) is 9.97 Å². The van der Waals surface area contributed by atoms with E-state index in [1.165, 1.54) is 12.8 Å². The molecule has 2 aromatic rings. The van der Waals surface area contributed by atoms with Gasteiger partial charge in [0.2, 0.25) is 0 Å². The molecule has 0 spiro atoms. The lowest BCUT2D eigenvalue weighted by Gasteiger charge is -2.20. The monoisotopic (exact) mass is 277 g/mol. The van der Waals surface area contributed by atoms with E-state index in [1.54, 1.807) is 6.26 Å². The van der Waals surface area contributed by atoms with Crippen molar-refractivity contribution in [1.29, 1.82) is 0 Å². The van der Waals surface area contributed by atoms with Gasteiger partial charge in [0, 0.05) is 18.5 Å². The molecule has 0 aromatic carbocycles. The van der Waals surface area contributed by atoms with E-state index in [0.29, 0.717) is 17.6 Å². The van der Waals surface area contributed by atoms with Gasteiger partial charge in [-0.1, -0.05) is 11.6 Å². The third-order valence-electron chi connectivity index (χ3n) is 3.36. The summed E-state index contributed by atoms with van der Waals surface area (Å²) in [6.07, 6.45) is 4.01. The minimum atomic E-state index is 0.494. The molecule has 100 valence electrons. The van der Waals surface area contributed by atoms with Crippen LogP contribution in [-0.4, -0.2) is 17.0 Å². The summed E-state index contributed by atoms with van der Waals surface area (Å²) in [5.74, 6) is 3.16. The van der Waals surface area contributed by atoms with Crippen molar-refractivity contribution in [2.75, 3.05) is 11.9 Å². The summed E-state index contributed by atoms with van der Waals surface area (Å²) in [5, 5.41) is 0.554. The van der Waals surface area contributed by atoms with Crippen molar-refractivity contribution in [3.05, 3.63) is 40.7 Å². The van der Waals surface area contributed by atoms with E-state index < -0.39 is 0 Å². The molecule has 1 aliphatic rings. The third-order valence-corrected chi connectivity index (χ3v) is 3.72. The first-order chi connectivity index (χ1) is 9.15. The number of furan rings is 1. The van der Waals surface area contributed by atoms with E-state index in [0.717, 1.165) is 23.0 Å². The largest absolute Gasteiger partial charge is 0.467 e. The first kappa shape index (κ1) is 12.5. The summed E-state index contributed by atoms with van der Waals surface area (Å²) >= 11 is 6.22. The molecule has 1 aliphatic carbocycles. The van der Waals surface area contributed by atoms with Gasteiger partial charge in [0.1, 0.15) is 22.6 Å². The van der Waals surface area contributed by atoms with Crippen LogP contribution in [0.2, 0.25) is 5.15 Å². The van der Waals surface area contributed by atoms with Crippen molar-refractivity contribution in [3.63, 3.8) is 0 Å². The van der Waals surface area contributed by atoms with E-state index in [1.807, 2.05) is 31.0 Å². The number of nitrogens with zero attached hydrogens (tertiary/aromatic N) is 3. The van der Waals surface area contributed by atoms with Gasteiger partial charge in [-0.05, 0) is 31.9 Å². The Morgan fingerprint density at radius 2 is 2.21 bits per heavy atom. The zero-order chi connectivity index (χ0) is 13.4. The summed E-state index contributed by atoms with van der Waals surface area (Å²) in [7, 11) is 1.99. The van der Waals surface area contributed by atoms with Gasteiger partial charge in [-0.25, -0.2) is 9.97 Å². The molecule has 0 bridgehead atoms. The van der Waals surface area contributed by atoms with Crippen molar-refractivity contribution < 1.29 is 4.42 Å². The van der Waals surface area contributed by atoms with Gasteiger partial charge >= 0.3 is 0 Å². The third kappa shape index (κ3) is 2.59. The Kier molecular flexibility index (Phi) is 3.19. The second-order valence-corrected chi connectivity index (χ2v) is 5.39. The van der Waals surface area contributed by atoms with Gasteiger partial charge in [0.05, 0.1) is 12.8 Å². The highest BCUT2D eigenvalue weighted by atomic mass is 35.5. The molecule has 4 nitrogen and oxygen atoms in total. The second-order valence-electron chi connectivity index (χ2n) is 5.03. The maximum absolute atomic E-state index is 6.22. The molecule has 3 rings (SSSR count). The predicted octanol–water partition coefficient (Wildman–Crippen LogP) is 3.55. The second kappa shape index (κ2) is 4.85. The average molecular weight is 278 g/mol. The van der Waals surface area contributed by atoms with Gasteiger partial charge < -0.3 is 9.32 Å². The Morgan fingerprint density at radius 1 is 1.42 bits per heavy atom. The van der Waals surface area contributed by atoms with Gasteiger partial charge in [0.25, 0.3) is 0 Å². The summed E-state index contributed by atoms with van der Waals surface area (Å²) in [6.45, 7) is 2.62. The summed E-state index contributed by atoms with van der Waals surface area (Å²) < 4.78 is 5.37. The van der Waals surface area contributed by atoms with Crippen LogP contribution >= 0.6 is 11.6 Å². The summed E-state index contributed by atoms with van der Waals surface area (Å²) in [4.78, 5) is 11.1. The van der Waals surface area contributed by atoms with Crippen LogP contribution in [0.25, 0.3) is 0 Å². The van der Waals surface area contributed by atoms with Crippen LogP contribution in [0.1, 0.15) is 35.9 Å². The van der Waals surface area contributed by atoms with Crippen molar-refractivity contribution in [1.82, 2.24) is 9.97 Å². The zero-order valence-corrected chi connectivity index (χ0v) is 11.8. The number of hydrogen-bond acceptors (Lipinski definition) is 4. The smallest absolute Gasteiger partial charge is 0.137 e. The lowest BCUT2D eigenvalue weighted by molar-refractivity contribution is 0.506. The van der Waals surface area contributed by atoms with Crippen LogP contribution in [0.4, 0.5) is 5.82 Å². The average Bonchev–Trinajstić information content (AvgIpc) is 3.11. The lowest BCUT2D eigenvalue weighted by atomic mass is 10.3. The first-order valence-electron chi connectivity index (χ1n) is 6.42. The topological polar surface area (TPSA) is 42.2 Å². The van der Waals surface area contributed by atoms with Gasteiger partial charge in [-0.15, -0.1) is 0 Å². The molecule has 0 aliphatic heterocycles. The molecule has 5 heteroatoms. The van der Waals surface area contributed by atoms with Gasteiger partial charge in [-0.2, -0.15) is 0 Å². The number of halogens is 1. The van der Waals surface area contributed by atoms with E-state index in [4.69, 9.17) is 16.0 Å². The maximum Gasteiger partial charge on any atom is 0.137 e. The molecular weight excluding hydrogens is 262 g/mol. The normalized spacial score (nSPS) is 14.7. The Balaban J connectivity index is 1.89. The van der Waals surface area contributed by atoms with Crippen molar-refractivity contribution in [3.8, 4) is 0 Å². The van der Waals surface area contributed by atoms with Crippen LogP contribution in [0.15, 0.2) is 22.8 Å². The van der Waals surface area contributed by atoms with Crippen LogP contribution in [0, 0.1) is 6.92 Å². The lowest BCUT2D eigenvalue weighted by Crippen LogP contribution is -2.19. The van der Waals surface area contributed by atoms with Crippen molar-refractivity contribution in [2.45, 2.75) is 32.2 Å². The van der Waals surface area contributed by atoms with Crippen molar-refractivity contribution in [2.24, 2.45) is 0 Å². The van der Waals surface area contributed by atoms with Gasteiger partial charge in [-0.3, -0.25) is 0 Å². The Bertz CT molecular complexity index is 579. The fourth-order valence-corrected chi connectivity index (χ4v) is 2.27. The predicted molar refractivity (Wildman–Crippen MR) is 74.6 cm³/mol. The zero-order valence-electron chi connectivity index (χ0n) is 11.1. The minimum Gasteiger partial charge on any atom is -0.467 e. The molecule has 0 unspecified atom stereocenters. The molecule has 0 atom stereocenters. The van der Waals surface area contributed by atoms with Crippen LogP contribution in [-0.2, 0) is 6.54 Å². The minimum absolute atomic E-state index is 0.494. The number of rotatable bonds is 4. The van der Waals surface area contributed by atoms with E-state index in [9.17, 15) is 0 Å². The Morgan fingerprint density at radius 3 is 2.84 bits per heavy atom. The maximum atomic E-state index is 6.22. The first-order valence-corrected chi connectivity index (χ1v) is 6.80. The van der Waals surface area contributed by atoms with Crippen LogP contribution in [0.3, 0.4) is 0 Å². The molecule has 19 heavy (non-hydrogen) atoms. The molecule has 0 N–H and O–H groups in total. The quantitative estimate of drug-likeness (QED) is 0.802. The molecular formula is C14H16ClN3O. The molecule has 1 fully saturated rings. The Labute approximate surface area is 117 Å². The van der Waals surface area contributed by atoms with Crippen LogP contribution < -0.4 is 4.90 Å². The molecule has 1 saturated carbocycles. The summed E-state index contributed by atoms with van der Waals surface area (Å²) in [5.41, 5.74) is 0.917. The highest BCUT2D eigenvalue weighted by Gasteiger charge is 2.28. The fourth-order valence-electron chi connectivity index (χ4n) is 2.10. The number of anilines is 1. The molecule has 2 aromatic heterocycles. The molecule has 0 amide bonds. The molecule has 0 saturated heterocycles. The van der Waals surface area contributed by atoms with E-state index >= 15 is 0 Å². The van der Waals surface area contributed by atoms with Crippen LogP contribution in [0.5, 0.6) is 0 Å². The van der Waals surface area contributed by atoms with E-state index in [-0.39, 0.29) is 0 Å². The molecule has 0 radical (unpaired) electrons. The highest BCUT2D eigenvalue weighted by molar-refractivity contribution is 6.30. The SMILES string of the molecule is Cc1c(Cl)nc(C2CC2)nc1N(C)Cc1ccco1. The fraction of sp³-hybridized carbons (Fsp3) is 0.429. The number of aromatic nitrogens is 2. The molecule has 2 heterocycles. The number of hydrogen-bond donors (Lipinski definition) is 0. The summed E-state index contributed by atoms with van der Waals surface area (Å²) in [6, 6.07) is 3.84. The Hall–Kier alpha value is -1.55. The highest BCUT2D eigenvalue weighted by Crippen LogP contribution is 2.39.